The lowest BCUT2D eigenvalue weighted by Crippen LogP contribution is -2.57. The number of carbonyl (C=O) groups is 1. The van der Waals surface area contributed by atoms with Crippen molar-refractivity contribution in [2.75, 3.05) is 7.11 Å². The number of benzene rings is 1. The molecule has 1 N–H and O–H groups in total. The number of ether oxygens (including phenoxy) is 1. The van der Waals surface area contributed by atoms with Crippen molar-refractivity contribution >= 4 is 5.97 Å². The zero-order valence-electron chi connectivity index (χ0n) is 12.8. The summed E-state index contributed by atoms with van der Waals surface area (Å²) in [7, 11) is 1.53. The Balaban J connectivity index is 1.79. The van der Waals surface area contributed by atoms with Gasteiger partial charge in [0.05, 0.1) is 12.5 Å². The second-order valence-electron chi connectivity index (χ2n) is 7.67. The molecule has 0 aromatic heterocycles. The molecular formula is C18H21FO3. The van der Waals surface area contributed by atoms with Crippen LogP contribution in [0.25, 0.3) is 0 Å². The molecule has 3 nitrogen and oxygen atoms in total. The topological polar surface area (TPSA) is 46.5 Å². The van der Waals surface area contributed by atoms with Crippen LogP contribution in [0.1, 0.15) is 44.1 Å². The van der Waals surface area contributed by atoms with Gasteiger partial charge in [-0.15, -0.1) is 0 Å². The van der Waals surface area contributed by atoms with E-state index in [2.05, 4.69) is 0 Å². The van der Waals surface area contributed by atoms with Crippen molar-refractivity contribution in [2.24, 2.45) is 17.3 Å². The summed E-state index contributed by atoms with van der Waals surface area (Å²) < 4.78 is 19.7. The second kappa shape index (κ2) is 4.46. The number of rotatable bonds is 3. The molecule has 5 rings (SSSR count). The molecule has 4 aliphatic rings. The number of carboxylic acid groups (broad SMARTS) is 1. The Morgan fingerprint density at radius 3 is 2.50 bits per heavy atom. The predicted molar refractivity (Wildman–Crippen MR) is 79.4 cm³/mol. The van der Waals surface area contributed by atoms with Crippen LogP contribution in [0.2, 0.25) is 0 Å². The first-order chi connectivity index (χ1) is 10.5. The monoisotopic (exact) mass is 304 g/mol. The fourth-order valence-electron chi connectivity index (χ4n) is 5.88. The average Bonchev–Trinajstić information content (AvgIpc) is 2.45. The van der Waals surface area contributed by atoms with Gasteiger partial charge in [0.25, 0.3) is 0 Å². The van der Waals surface area contributed by atoms with E-state index in [1.165, 1.54) is 13.2 Å². The largest absolute Gasteiger partial charge is 0.497 e. The minimum atomic E-state index is -0.681. The Labute approximate surface area is 129 Å². The van der Waals surface area contributed by atoms with Crippen molar-refractivity contribution in [1.82, 2.24) is 0 Å². The van der Waals surface area contributed by atoms with Crippen molar-refractivity contribution < 1.29 is 19.0 Å². The summed E-state index contributed by atoms with van der Waals surface area (Å²) in [6.45, 7) is 0. The van der Waals surface area contributed by atoms with Crippen LogP contribution in [0.15, 0.2) is 18.2 Å². The van der Waals surface area contributed by atoms with Gasteiger partial charge in [-0.05, 0) is 67.4 Å². The highest BCUT2D eigenvalue weighted by atomic mass is 19.1. The zero-order chi connectivity index (χ0) is 15.5. The normalized spacial score (nSPS) is 39.0. The maximum atomic E-state index is 14.6. The molecule has 4 bridgehead atoms. The molecule has 4 heteroatoms. The molecule has 1 aromatic rings. The Kier molecular flexibility index (Phi) is 2.85. The van der Waals surface area contributed by atoms with Crippen LogP contribution in [0.4, 0.5) is 4.39 Å². The molecule has 0 spiro atoms. The maximum absolute atomic E-state index is 14.6. The second-order valence-corrected chi connectivity index (χ2v) is 7.67. The fraction of sp³-hybridized carbons (Fsp3) is 0.611. The van der Waals surface area contributed by atoms with E-state index >= 15 is 0 Å². The molecule has 0 saturated heterocycles. The number of carboxylic acids is 1. The smallest absolute Gasteiger partial charge is 0.309 e. The van der Waals surface area contributed by atoms with Crippen molar-refractivity contribution in [3.63, 3.8) is 0 Å². The van der Waals surface area contributed by atoms with E-state index in [1.807, 2.05) is 6.07 Å². The summed E-state index contributed by atoms with van der Waals surface area (Å²) in [5.41, 5.74) is -0.219. The van der Waals surface area contributed by atoms with Gasteiger partial charge in [-0.2, -0.15) is 0 Å². The van der Waals surface area contributed by atoms with Crippen molar-refractivity contribution in [3.05, 3.63) is 29.6 Å². The van der Waals surface area contributed by atoms with Gasteiger partial charge in [-0.1, -0.05) is 6.07 Å². The number of hydrogen-bond donors (Lipinski definition) is 1. The van der Waals surface area contributed by atoms with Gasteiger partial charge < -0.3 is 9.84 Å². The Morgan fingerprint density at radius 2 is 1.95 bits per heavy atom. The van der Waals surface area contributed by atoms with Crippen LogP contribution < -0.4 is 4.74 Å². The Hall–Kier alpha value is -1.58. The molecule has 0 heterocycles. The fourth-order valence-corrected chi connectivity index (χ4v) is 5.88. The average molecular weight is 304 g/mol. The molecule has 0 unspecified atom stereocenters. The van der Waals surface area contributed by atoms with Gasteiger partial charge in [-0.3, -0.25) is 4.79 Å². The van der Waals surface area contributed by atoms with Crippen LogP contribution in [0.5, 0.6) is 5.75 Å². The lowest BCUT2D eigenvalue weighted by atomic mass is 9.43. The Morgan fingerprint density at radius 1 is 1.27 bits per heavy atom. The number of methoxy groups -OCH3 is 1. The molecule has 2 atom stereocenters. The lowest BCUT2D eigenvalue weighted by molar-refractivity contribution is -0.167. The highest BCUT2D eigenvalue weighted by molar-refractivity contribution is 5.76. The summed E-state index contributed by atoms with van der Waals surface area (Å²) >= 11 is 0. The highest BCUT2D eigenvalue weighted by Gasteiger charge is 2.61. The number of halogens is 1. The molecule has 118 valence electrons. The molecule has 4 fully saturated rings. The van der Waals surface area contributed by atoms with Gasteiger partial charge in [0.15, 0.2) is 0 Å². The van der Waals surface area contributed by atoms with E-state index < -0.39 is 11.4 Å². The quantitative estimate of drug-likeness (QED) is 0.925. The van der Waals surface area contributed by atoms with Crippen LogP contribution in [0.3, 0.4) is 0 Å². The van der Waals surface area contributed by atoms with E-state index in [0.717, 1.165) is 32.1 Å². The summed E-state index contributed by atoms with van der Waals surface area (Å²) in [5, 5.41) is 9.78. The summed E-state index contributed by atoms with van der Waals surface area (Å²) in [5.74, 6) is 0.443. The van der Waals surface area contributed by atoms with Gasteiger partial charge in [0.2, 0.25) is 0 Å². The minimum Gasteiger partial charge on any atom is -0.497 e. The molecule has 0 amide bonds. The Bertz CT molecular complexity index is 625. The van der Waals surface area contributed by atoms with Crippen LogP contribution in [-0.2, 0) is 10.2 Å². The molecule has 22 heavy (non-hydrogen) atoms. The summed E-state index contributed by atoms with van der Waals surface area (Å²) in [6, 6.07) is 5.04. The number of aliphatic carboxylic acids is 1. The van der Waals surface area contributed by atoms with E-state index in [4.69, 9.17) is 4.74 Å². The van der Waals surface area contributed by atoms with Gasteiger partial charge in [-0.25, -0.2) is 4.39 Å². The number of hydrogen-bond acceptors (Lipinski definition) is 2. The van der Waals surface area contributed by atoms with Crippen molar-refractivity contribution in [1.29, 1.82) is 0 Å². The highest BCUT2D eigenvalue weighted by Crippen LogP contribution is 2.66. The molecular weight excluding hydrogens is 283 g/mol. The van der Waals surface area contributed by atoms with E-state index in [-0.39, 0.29) is 11.2 Å². The third kappa shape index (κ3) is 1.82. The van der Waals surface area contributed by atoms with Crippen molar-refractivity contribution in [3.8, 4) is 5.75 Å². The van der Waals surface area contributed by atoms with E-state index in [1.54, 1.807) is 6.07 Å². The zero-order valence-corrected chi connectivity index (χ0v) is 12.8. The molecule has 4 aliphatic carbocycles. The van der Waals surface area contributed by atoms with E-state index in [9.17, 15) is 14.3 Å². The van der Waals surface area contributed by atoms with E-state index in [0.29, 0.717) is 29.6 Å². The first kappa shape index (κ1) is 14.0. The molecule has 0 aliphatic heterocycles. The van der Waals surface area contributed by atoms with Crippen LogP contribution in [-0.4, -0.2) is 18.2 Å². The lowest BCUT2D eigenvalue weighted by Gasteiger charge is -2.60. The van der Waals surface area contributed by atoms with Gasteiger partial charge in [0.1, 0.15) is 11.6 Å². The van der Waals surface area contributed by atoms with Crippen LogP contribution >= 0.6 is 0 Å². The summed E-state index contributed by atoms with van der Waals surface area (Å²) in [6.07, 6.45) is 5.13. The van der Waals surface area contributed by atoms with Gasteiger partial charge in [0, 0.05) is 6.07 Å². The van der Waals surface area contributed by atoms with Crippen molar-refractivity contribution in [2.45, 2.75) is 43.9 Å². The predicted octanol–water partition coefficient (Wildman–Crippen LogP) is 3.76. The summed E-state index contributed by atoms with van der Waals surface area (Å²) in [4.78, 5) is 11.9. The first-order valence-electron chi connectivity index (χ1n) is 8.04. The minimum absolute atomic E-state index is 0.248. The third-order valence-corrected chi connectivity index (χ3v) is 6.26. The molecule has 0 radical (unpaired) electrons. The van der Waals surface area contributed by atoms with Crippen LogP contribution in [0, 0.1) is 23.1 Å². The molecule has 1 aromatic carbocycles. The third-order valence-electron chi connectivity index (χ3n) is 6.26. The SMILES string of the molecule is COc1ccc(C23C[C@@H]4C[C@H](CC(C(=O)O)(C4)C2)C3)c(F)c1. The molecule has 4 saturated carbocycles. The maximum Gasteiger partial charge on any atom is 0.309 e. The first-order valence-corrected chi connectivity index (χ1v) is 8.04. The standard InChI is InChI=1S/C18H21FO3/c1-22-13-2-3-14(15(19)5-13)17-6-11-4-12(7-17)9-18(8-11,10-17)16(20)21/h2-3,5,11-12H,4,6-10H2,1H3,(H,20,21)/t11-,12-,17?,18?/m0/s1. The van der Waals surface area contributed by atoms with Gasteiger partial charge >= 0.3 is 5.97 Å².